The Bertz CT molecular complexity index is 887. The van der Waals surface area contributed by atoms with Gasteiger partial charge in [0.2, 0.25) is 0 Å². The molecular weight excluding hydrogens is 317 g/mol. The second-order valence-electron chi connectivity index (χ2n) is 5.89. The number of benzene rings is 2. The molecule has 3 rings (SSSR count). The molecule has 0 unspecified atom stereocenters. The van der Waals surface area contributed by atoms with Crippen LogP contribution in [0.1, 0.15) is 21.6 Å². The van der Waals surface area contributed by atoms with Crippen LogP contribution in [-0.2, 0) is 0 Å². The van der Waals surface area contributed by atoms with Gasteiger partial charge in [0.05, 0.1) is 0 Å². The third kappa shape index (κ3) is 4.41. The van der Waals surface area contributed by atoms with Crippen molar-refractivity contribution < 1.29 is 9.18 Å². The van der Waals surface area contributed by atoms with Crippen molar-refractivity contribution in [2.45, 2.75) is 13.8 Å². The van der Waals surface area contributed by atoms with Crippen molar-refractivity contribution in [2.24, 2.45) is 0 Å². The normalized spacial score (nSPS) is 10.4. The Kier molecular flexibility index (Phi) is 4.75. The summed E-state index contributed by atoms with van der Waals surface area (Å²) in [5.74, 6) is -0.702. The summed E-state index contributed by atoms with van der Waals surface area (Å²) in [4.78, 5) is 16.4. The minimum atomic E-state index is -0.351. The molecule has 0 bridgehead atoms. The van der Waals surface area contributed by atoms with Gasteiger partial charge < -0.3 is 10.6 Å². The minimum absolute atomic E-state index is 0.277. The molecule has 4 nitrogen and oxygen atoms in total. The van der Waals surface area contributed by atoms with E-state index in [4.69, 9.17) is 0 Å². The SMILES string of the molecule is Cc1cc(C)cc(Nc2ccnc(C(=O)Nc3ccc(F)cc3)c2)c1. The first-order chi connectivity index (χ1) is 12.0. The zero-order valence-corrected chi connectivity index (χ0v) is 14.0. The number of amides is 1. The molecule has 0 saturated carbocycles. The van der Waals surface area contributed by atoms with Crippen molar-refractivity contribution in [2.75, 3.05) is 10.6 Å². The second-order valence-corrected chi connectivity index (χ2v) is 5.89. The molecule has 0 spiro atoms. The lowest BCUT2D eigenvalue weighted by Gasteiger charge is -2.10. The summed E-state index contributed by atoms with van der Waals surface area (Å²) in [5.41, 5.74) is 4.83. The molecule has 25 heavy (non-hydrogen) atoms. The zero-order valence-electron chi connectivity index (χ0n) is 14.0. The number of anilines is 3. The van der Waals surface area contributed by atoms with Crippen molar-refractivity contribution in [3.8, 4) is 0 Å². The van der Waals surface area contributed by atoms with Crippen molar-refractivity contribution in [1.29, 1.82) is 0 Å². The molecule has 1 heterocycles. The molecule has 126 valence electrons. The number of halogens is 1. The van der Waals surface area contributed by atoms with E-state index in [2.05, 4.69) is 21.7 Å². The molecule has 0 fully saturated rings. The van der Waals surface area contributed by atoms with E-state index in [9.17, 15) is 9.18 Å². The maximum Gasteiger partial charge on any atom is 0.274 e. The number of nitrogens with zero attached hydrogens (tertiary/aromatic N) is 1. The summed E-state index contributed by atoms with van der Waals surface area (Å²) in [6.45, 7) is 4.07. The molecule has 1 aromatic heterocycles. The lowest BCUT2D eigenvalue weighted by atomic mass is 10.1. The fourth-order valence-corrected chi connectivity index (χ4v) is 2.57. The maximum atomic E-state index is 12.9. The van der Waals surface area contributed by atoms with Gasteiger partial charge in [-0.3, -0.25) is 9.78 Å². The van der Waals surface area contributed by atoms with Gasteiger partial charge in [-0.25, -0.2) is 4.39 Å². The van der Waals surface area contributed by atoms with Gasteiger partial charge in [-0.05, 0) is 73.5 Å². The van der Waals surface area contributed by atoms with Crippen molar-refractivity contribution in [1.82, 2.24) is 4.98 Å². The Morgan fingerprint density at radius 3 is 2.24 bits per heavy atom. The van der Waals surface area contributed by atoms with E-state index in [1.54, 1.807) is 18.3 Å². The maximum absolute atomic E-state index is 12.9. The molecule has 0 saturated heterocycles. The quantitative estimate of drug-likeness (QED) is 0.718. The molecular formula is C20H18FN3O. The Morgan fingerprint density at radius 2 is 1.56 bits per heavy atom. The first-order valence-electron chi connectivity index (χ1n) is 7.88. The summed E-state index contributed by atoms with van der Waals surface area (Å²) in [7, 11) is 0. The molecule has 1 amide bonds. The van der Waals surface area contributed by atoms with E-state index >= 15 is 0 Å². The number of aromatic nitrogens is 1. The standard InChI is InChI=1S/C20H18FN3O/c1-13-9-14(2)11-18(10-13)23-17-7-8-22-19(12-17)20(25)24-16-5-3-15(21)4-6-16/h3-12H,1-2H3,(H,22,23)(H,24,25). The zero-order chi connectivity index (χ0) is 17.8. The minimum Gasteiger partial charge on any atom is -0.355 e. The molecule has 3 aromatic rings. The predicted octanol–water partition coefficient (Wildman–Crippen LogP) is 4.83. The van der Waals surface area contributed by atoms with E-state index in [-0.39, 0.29) is 17.4 Å². The number of hydrogen-bond donors (Lipinski definition) is 2. The summed E-state index contributed by atoms with van der Waals surface area (Å²) < 4.78 is 12.9. The van der Waals surface area contributed by atoms with Crippen LogP contribution < -0.4 is 10.6 Å². The number of nitrogens with one attached hydrogen (secondary N) is 2. The first-order valence-corrected chi connectivity index (χ1v) is 7.88. The highest BCUT2D eigenvalue weighted by atomic mass is 19.1. The van der Waals surface area contributed by atoms with Crippen LogP contribution in [0.2, 0.25) is 0 Å². The molecule has 2 N–H and O–H groups in total. The lowest BCUT2D eigenvalue weighted by molar-refractivity contribution is 0.102. The average Bonchev–Trinajstić information content (AvgIpc) is 2.56. The van der Waals surface area contributed by atoms with Crippen LogP contribution in [0.15, 0.2) is 60.8 Å². The van der Waals surface area contributed by atoms with Crippen LogP contribution >= 0.6 is 0 Å². The molecule has 5 heteroatoms. The number of pyridine rings is 1. The van der Waals surface area contributed by atoms with E-state index in [0.717, 1.165) is 22.5 Å². The Hall–Kier alpha value is -3.21. The molecule has 0 aliphatic carbocycles. The molecule has 0 radical (unpaired) electrons. The molecule has 0 aliphatic rings. The number of rotatable bonds is 4. The third-order valence-corrected chi connectivity index (χ3v) is 3.61. The Morgan fingerprint density at radius 1 is 0.880 bits per heavy atom. The van der Waals surface area contributed by atoms with Crippen LogP contribution in [0.4, 0.5) is 21.5 Å². The summed E-state index contributed by atoms with van der Waals surface area (Å²) in [5, 5.41) is 5.98. The highest BCUT2D eigenvalue weighted by Crippen LogP contribution is 2.20. The van der Waals surface area contributed by atoms with Gasteiger partial charge in [0.25, 0.3) is 5.91 Å². The fraction of sp³-hybridized carbons (Fsp3) is 0.100. The van der Waals surface area contributed by atoms with Gasteiger partial charge in [0.15, 0.2) is 0 Å². The van der Waals surface area contributed by atoms with Gasteiger partial charge in [-0.1, -0.05) is 6.07 Å². The van der Waals surface area contributed by atoms with Gasteiger partial charge in [0.1, 0.15) is 11.5 Å². The average molecular weight is 335 g/mol. The number of hydrogen-bond acceptors (Lipinski definition) is 3. The summed E-state index contributed by atoms with van der Waals surface area (Å²) >= 11 is 0. The van der Waals surface area contributed by atoms with Crippen LogP contribution in [0.5, 0.6) is 0 Å². The van der Waals surface area contributed by atoms with E-state index in [1.165, 1.54) is 24.3 Å². The van der Waals surface area contributed by atoms with E-state index in [1.807, 2.05) is 26.0 Å². The van der Waals surface area contributed by atoms with Crippen LogP contribution in [0, 0.1) is 19.7 Å². The van der Waals surface area contributed by atoms with Crippen LogP contribution in [0.3, 0.4) is 0 Å². The largest absolute Gasteiger partial charge is 0.355 e. The number of carbonyl (C=O) groups excluding carboxylic acids is 1. The predicted molar refractivity (Wildman–Crippen MR) is 97.8 cm³/mol. The number of carbonyl (C=O) groups is 1. The molecule has 0 aliphatic heterocycles. The molecule has 2 aromatic carbocycles. The Balaban J connectivity index is 1.76. The highest BCUT2D eigenvalue weighted by molar-refractivity contribution is 6.03. The fourth-order valence-electron chi connectivity index (χ4n) is 2.57. The number of aryl methyl sites for hydroxylation is 2. The molecule has 0 atom stereocenters. The second kappa shape index (κ2) is 7.13. The lowest BCUT2D eigenvalue weighted by Crippen LogP contribution is -2.13. The van der Waals surface area contributed by atoms with Gasteiger partial charge in [0, 0.05) is 23.3 Å². The van der Waals surface area contributed by atoms with Gasteiger partial charge in [-0.15, -0.1) is 0 Å². The first kappa shape index (κ1) is 16.6. The van der Waals surface area contributed by atoms with Crippen molar-refractivity contribution in [3.63, 3.8) is 0 Å². The van der Waals surface area contributed by atoms with Gasteiger partial charge >= 0.3 is 0 Å². The van der Waals surface area contributed by atoms with Crippen molar-refractivity contribution in [3.05, 3.63) is 83.4 Å². The van der Waals surface area contributed by atoms with Crippen molar-refractivity contribution >= 4 is 23.0 Å². The summed E-state index contributed by atoms with van der Waals surface area (Å²) in [6.07, 6.45) is 1.57. The third-order valence-electron chi connectivity index (χ3n) is 3.61. The monoisotopic (exact) mass is 335 g/mol. The highest BCUT2D eigenvalue weighted by Gasteiger charge is 2.09. The summed E-state index contributed by atoms with van der Waals surface area (Å²) in [6, 6.07) is 15.2. The van der Waals surface area contributed by atoms with E-state index in [0.29, 0.717) is 5.69 Å². The topological polar surface area (TPSA) is 54.0 Å². The smallest absolute Gasteiger partial charge is 0.274 e. The Labute approximate surface area is 145 Å². The van der Waals surface area contributed by atoms with Crippen LogP contribution in [-0.4, -0.2) is 10.9 Å². The van der Waals surface area contributed by atoms with Gasteiger partial charge in [-0.2, -0.15) is 0 Å². The van der Waals surface area contributed by atoms with Crippen LogP contribution in [0.25, 0.3) is 0 Å². The van der Waals surface area contributed by atoms with E-state index < -0.39 is 0 Å².